The molecule has 0 saturated carbocycles. The quantitative estimate of drug-likeness (QED) is 0.0795. The van der Waals surface area contributed by atoms with Gasteiger partial charge in [0.05, 0.1) is 159 Å². The molecule has 0 fully saturated rings. The highest BCUT2D eigenvalue weighted by Gasteiger charge is 1.98. The van der Waals surface area contributed by atoms with E-state index < -0.39 is 44.4 Å². The van der Waals surface area contributed by atoms with Gasteiger partial charge in [0.2, 0.25) is 0 Å². The Bertz CT molecular complexity index is 1900. The van der Waals surface area contributed by atoms with E-state index in [2.05, 4.69) is 61.2 Å². The second-order valence-corrected chi connectivity index (χ2v) is 17.0. The van der Waals surface area contributed by atoms with Crippen LogP contribution < -0.4 is 120 Å². The van der Waals surface area contributed by atoms with Crippen LogP contribution in [0.15, 0.2) is 209 Å². The standard InChI is InChI=1S/12C4H6N2.6BFO2/c12*1-6-4-2-3-5-6;6*2-1(3)4/h12*2-4H,1H3;;;;;;/q;;;;;;;;;;;;6*-2/p+12. The Morgan fingerprint density at radius 2 is 0.219 bits per heavy atom. The van der Waals surface area contributed by atoms with Crippen molar-refractivity contribution in [1.82, 2.24) is 0 Å². The van der Waals surface area contributed by atoms with Gasteiger partial charge < -0.3 is 86.2 Å². The van der Waals surface area contributed by atoms with Gasteiger partial charge in [0.15, 0.2) is 0 Å². The van der Waals surface area contributed by atoms with Crippen LogP contribution in [0.25, 0.3) is 0 Å². The lowest BCUT2D eigenvalue weighted by molar-refractivity contribution is -0.828. The molecule has 0 amide bonds. The van der Waals surface area contributed by atoms with Crippen LogP contribution in [-0.2, 0) is 0 Å². The Morgan fingerprint density at radius 1 is 0.167 bits per heavy atom. The molecule has 12 unspecified atom stereocenters. The summed E-state index contributed by atoms with van der Waals surface area (Å²) in [6.45, 7) is 0. The maximum atomic E-state index is 9.89. The van der Waals surface area contributed by atoms with Gasteiger partial charge in [-0.1, -0.05) is 61.2 Å². The first-order valence-corrected chi connectivity index (χ1v) is 27.4. The van der Waals surface area contributed by atoms with E-state index in [4.69, 9.17) is 60.3 Å². The van der Waals surface area contributed by atoms with Gasteiger partial charge >= 0.3 is 0 Å². The maximum Gasteiger partial charge on any atom is 0.122 e. The molecule has 0 aliphatic carbocycles. The van der Waals surface area contributed by atoms with Crippen molar-refractivity contribution in [2.75, 3.05) is 84.6 Å². The third-order valence-corrected chi connectivity index (χ3v) is 8.42. The van der Waals surface area contributed by atoms with E-state index in [1.54, 1.807) is 74.6 Å². The first-order valence-electron chi connectivity index (χ1n) is 27.4. The lowest BCUT2D eigenvalue weighted by atomic mass is 10.3. The molecular formula is C48H84B6F6N24O12. The van der Waals surface area contributed by atoms with Crippen LogP contribution >= 0.6 is 0 Å². The lowest BCUT2D eigenvalue weighted by Gasteiger charge is -2.09. The van der Waals surface area contributed by atoms with Crippen molar-refractivity contribution < 1.29 is 146 Å². The summed E-state index contributed by atoms with van der Waals surface area (Å²) in [5, 5.41) is 160. The van der Waals surface area contributed by atoms with E-state index in [1.165, 1.54) is 0 Å². The second kappa shape index (κ2) is 72.8. The highest BCUT2D eigenvalue weighted by molar-refractivity contribution is 6.28. The van der Waals surface area contributed by atoms with E-state index in [0.717, 1.165) is 60.1 Å². The number of allylic oxidation sites excluding steroid dienone is 12. The highest BCUT2D eigenvalue weighted by atomic mass is 19.1. The summed E-state index contributed by atoms with van der Waals surface area (Å²) >= 11 is 0. The molecule has 36 nitrogen and oxygen atoms in total. The molecule has 12 rings (SSSR count). The number of halogens is 6. The van der Waals surface area contributed by atoms with Crippen molar-refractivity contribution >= 4 is 119 Å². The largest absolute Gasteiger partial charge is 0.867 e. The maximum absolute atomic E-state index is 9.89. The molecule has 0 aromatic rings. The molecule has 0 bridgehead atoms. The Kier molecular flexibility index (Phi) is 75.0. The third kappa shape index (κ3) is 108. The lowest BCUT2D eigenvalue weighted by Crippen LogP contribution is -2.97. The van der Waals surface area contributed by atoms with Crippen LogP contribution in [0.1, 0.15) is 0 Å². The van der Waals surface area contributed by atoms with Crippen molar-refractivity contribution in [2.24, 2.45) is 61.2 Å². The van der Waals surface area contributed by atoms with Crippen LogP contribution in [0.3, 0.4) is 0 Å². The molecule has 528 valence electrons. The van der Waals surface area contributed by atoms with Crippen LogP contribution in [0, 0.1) is 0 Å². The number of rotatable bonds is 0. The van der Waals surface area contributed by atoms with Crippen molar-refractivity contribution in [2.45, 2.75) is 0 Å². The fraction of sp³-hybridized carbons (Fsp3) is 0.250. The van der Waals surface area contributed by atoms with Gasteiger partial charge in [-0.2, -0.15) is 60.1 Å². The van der Waals surface area contributed by atoms with E-state index in [-0.39, 0.29) is 0 Å². The summed E-state index contributed by atoms with van der Waals surface area (Å²) in [5.74, 6) is 0. The van der Waals surface area contributed by atoms with Gasteiger partial charge in [-0.05, 0) is 0 Å². The second-order valence-electron chi connectivity index (χ2n) is 17.0. The first kappa shape index (κ1) is 99.0. The summed E-state index contributed by atoms with van der Waals surface area (Å²) in [6, 6.07) is 0. The minimum atomic E-state index is -3.17. The van der Waals surface area contributed by atoms with Crippen molar-refractivity contribution in [3.63, 3.8) is 0 Å². The number of nitrogens with one attached hydrogen (secondary N) is 12. The Morgan fingerprint density at radius 3 is 0.229 bits per heavy atom. The number of hydrogen-bond acceptors (Lipinski definition) is 24. The van der Waals surface area contributed by atoms with Crippen LogP contribution in [-0.4, -0.2) is 204 Å². The minimum absolute atomic E-state index is 1.09. The van der Waals surface area contributed by atoms with E-state index in [9.17, 15) is 25.9 Å². The molecule has 0 spiro atoms. The van der Waals surface area contributed by atoms with Gasteiger partial charge in [0, 0.05) is 72.9 Å². The number of quaternary nitrogens is 12. The molecule has 0 saturated heterocycles. The zero-order valence-corrected chi connectivity index (χ0v) is 54.8. The van der Waals surface area contributed by atoms with Crippen LogP contribution in [0.5, 0.6) is 0 Å². The summed E-state index contributed by atoms with van der Waals surface area (Å²) in [7, 11) is 4.67. The van der Waals surface area contributed by atoms with Gasteiger partial charge in [0.1, 0.15) is 119 Å². The van der Waals surface area contributed by atoms with Gasteiger partial charge in [0.25, 0.3) is 0 Å². The monoisotopic (exact) mass is 1370 g/mol. The van der Waals surface area contributed by atoms with Gasteiger partial charge in [-0.15, -0.1) is 0 Å². The molecule has 96 heavy (non-hydrogen) atoms. The summed E-state index contributed by atoms with van der Waals surface area (Å²) in [4.78, 5) is 0. The van der Waals surface area contributed by atoms with E-state index in [0.29, 0.717) is 0 Å². The van der Waals surface area contributed by atoms with Crippen LogP contribution in [0.4, 0.5) is 25.9 Å². The number of hydrogen-bond donors (Lipinski definition) is 12. The Balaban J connectivity index is -0.000000224. The Hall–Kier alpha value is -8.07. The molecule has 12 N–H and O–H groups in total. The summed E-state index contributed by atoms with van der Waals surface area (Å²) in [5.41, 5.74) is 0. The number of nitrogens with zero attached hydrogens (tertiary/aromatic N) is 12. The zero-order chi connectivity index (χ0) is 74.3. The summed E-state index contributed by atoms with van der Waals surface area (Å²) in [6.07, 6.45) is 68.2. The van der Waals surface area contributed by atoms with E-state index in [1.807, 2.05) is 232 Å². The minimum Gasteiger partial charge on any atom is -0.867 e. The average molecular weight is 1370 g/mol. The van der Waals surface area contributed by atoms with Crippen molar-refractivity contribution in [1.29, 1.82) is 0 Å². The molecule has 0 aromatic heterocycles. The normalized spacial score (nSPS) is 23.6. The average Bonchev–Trinajstić information content (AvgIpc) is 4.39. The molecule has 12 heterocycles. The first-order chi connectivity index (χ1) is 45.1. The van der Waals surface area contributed by atoms with E-state index >= 15 is 0 Å². The van der Waals surface area contributed by atoms with Crippen molar-refractivity contribution in [3.8, 4) is 0 Å². The highest BCUT2D eigenvalue weighted by Crippen LogP contribution is 1.67. The molecule has 0 radical (unpaired) electrons. The van der Waals surface area contributed by atoms with Gasteiger partial charge in [-0.3, -0.25) is 0 Å². The molecule has 12 aliphatic rings. The molecule has 0 aromatic carbocycles. The van der Waals surface area contributed by atoms with Crippen molar-refractivity contribution in [3.05, 3.63) is 147 Å². The fourth-order valence-electron chi connectivity index (χ4n) is 4.63. The predicted octanol–water partition coefficient (Wildman–Crippen LogP) is -25.9. The third-order valence-electron chi connectivity index (χ3n) is 8.42. The molecule has 48 heteroatoms. The molecule has 12 atom stereocenters. The zero-order valence-electron chi connectivity index (χ0n) is 54.8. The fourth-order valence-corrected chi connectivity index (χ4v) is 4.63. The smallest absolute Gasteiger partial charge is 0.122 e. The summed E-state index contributed by atoms with van der Waals surface area (Å²) < 4.78 is 59.3. The molecular weight excluding hydrogens is 1280 g/mol. The van der Waals surface area contributed by atoms with Crippen LogP contribution in [0.2, 0.25) is 0 Å². The van der Waals surface area contributed by atoms with Gasteiger partial charge in [-0.25, -0.2) is 0 Å². The Labute approximate surface area is 556 Å². The molecule has 12 aliphatic heterocycles. The topological polar surface area (TPSA) is 478 Å². The SMILES string of the molecule is C[NH+]1C=CC=N1.C[NH+]1C=CC=N1.C[NH+]1C=CC=N1.C[NH+]1C=CC=N1.C[NH+]1C=CC=N1.C[NH+]1C=CC=N1.C[NH+]1C=CC=N1.C[NH+]1C=CC=N1.C[NH+]1C=CC=N1.C[NH+]1C=CC=N1.C[NH+]1C=CC=N1.C[NH+]1C=CC=N1.[O-]B([O-])F.[O-]B([O-])F.[O-]B([O-])F.[O-]B([O-])F.[O-]B([O-])F.[O-]B([O-])F. The predicted molar refractivity (Wildman–Crippen MR) is 335 cm³/mol.